The van der Waals surface area contributed by atoms with Crippen LogP contribution in [0, 0.1) is 11.3 Å². The van der Waals surface area contributed by atoms with Crippen LogP contribution in [0.3, 0.4) is 0 Å². The molecule has 94 valence electrons. The van der Waals surface area contributed by atoms with E-state index in [4.69, 9.17) is 10.4 Å². The first-order valence-corrected chi connectivity index (χ1v) is 5.63. The number of carboxylic acid groups (broad SMARTS) is 1. The Bertz CT molecular complexity index is 633. The molecule has 0 saturated heterocycles. The third kappa shape index (κ3) is 3.07. The van der Waals surface area contributed by atoms with E-state index in [1.165, 1.54) is 12.1 Å². The number of carboxylic acids is 1. The van der Waals surface area contributed by atoms with Crippen LogP contribution in [-0.2, 0) is 6.54 Å². The van der Waals surface area contributed by atoms with Gasteiger partial charge >= 0.3 is 5.97 Å². The van der Waals surface area contributed by atoms with Crippen molar-refractivity contribution < 1.29 is 9.90 Å². The maximum Gasteiger partial charge on any atom is 0.354 e. The molecular weight excluding hydrogens is 242 g/mol. The van der Waals surface area contributed by atoms with Gasteiger partial charge in [0, 0.05) is 6.54 Å². The molecule has 0 fully saturated rings. The fourth-order valence-corrected chi connectivity index (χ4v) is 1.58. The standard InChI is InChI=1S/C14H11N3O2/c15-8-11-6-7-12(14(18)19)17-13(11)16-9-10-4-2-1-3-5-10/h1-7H,9H2,(H,16,17)(H,18,19). The van der Waals surface area contributed by atoms with Crippen LogP contribution in [0.5, 0.6) is 0 Å². The van der Waals surface area contributed by atoms with Crippen molar-refractivity contribution in [3.05, 3.63) is 59.3 Å². The molecule has 0 aliphatic rings. The maximum absolute atomic E-state index is 10.9. The van der Waals surface area contributed by atoms with Crippen molar-refractivity contribution in [3.8, 4) is 6.07 Å². The largest absolute Gasteiger partial charge is 0.477 e. The van der Waals surface area contributed by atoms with Gasteiger partial charge in [0.1, 0.15) is 11.9 Å². The smallest absolute Gasteiger partial charge is 0.354 e. The van der Waals surface area contributed by atoms with E-state index in [9.17, 15) is 4.79 Å². The topological polar surface area (TPSA) is 86.0 Å². The molecule has 0 amide bonds. The molecule has 2 N–H and O–H groups in total. The van der Waals surface area contributed by atoms with Crippen molar-refractivity contribution in [2.24, 2.45) is 0 Å². The molecule has 2 rings (SSSR count). The van der Waals surface area contributed by atoms with E-state index in [1.807, 2.05) is 36.4 Å². The van der Waals surface area contributed by atoms with Crippen molar-refractivity contribution in [2.45, 2.75) is 6.54 Å². The second kappa shape index (κ2) is 5.65. The molecule has 5 nitrogen and oxygen atoms in total. The lowest BCUT2D eigenvalue weighted by molar-refractivity contribution is 0.0690. The van der Waals surface area contributed by atoms with Crippen molar-refractivity contribution in [1.82, 2.24) is 4.98 Å². The number of aromatic nitrogens is 1. The number of hydrogen-bond donors (Lipinski definition) is 2. The first kappa shape index (κ1) is 12.6. The Morgan fingerprint density at radius 3 is 2.63 bits per heavy atom. The van der Waals surface area contributed by atoms with Crippen LogP contribution in [0.4, 0.5) is 5.82 Å². The normalized spacial score (nSPS) is 9.63. The summed E-state index contributed by atoms with van der Waals surface area (Å²) in [4.78, 5) is 14.8. The number of nitrogens with one attached hydrogen (secondary N) is 1. The summed E-state index contributed by atoms with van der Waals surface area (Å²) in [6, 6.07) is 14.3. The SMILES string of the molecule is N#Cc1ccc(C(=O)O)nc1NCc1ccccc1. The average molecular weight is 253 g/mol. The molecule has 1 heterocycles. The van der Waals surface area contributed by atoms with Gasteiger partial charge in [0.05, 0.1) is 5.56 Å². The molecular formula is C14H11N3O2. The number of anilines is 1. The molecule has 1 aromatic carbocycles. The number of benzene rings is 1. The number of hydrogen-bond acceptors (Lipinski definition) is 4. The van der Waals surface area contributed by atoms with Gasteiger partial charge in [-0.2, -0.15) is 5.26 Å². The summed E-state index contributed by atoms with van der Waals surface area (Å²) in [6.07, 6.45) is 0. The zero-order valence-electron chi connectivity index (χ0n) is 10.00. The van der Waals surface area contributed by atoms with Crippen LogP contribution in [0.25, 0.3) is 0 Å². The van der Waals surface area contributed by atoms with Gasteiger partial charge in [0.2, 0.25) is 0 Å². The Morgan fingerprint density at radius 2 is 2.00 bits per heavy atom. The summed E-state index contributed by atoms with van der Waals surface area (Å²) in [6.45, 7) is 0.478. The van der Waals surface area contributed by atoms with Gasteiger partial charge in [-0.15, -0.1) is 0 Å². The summed E-state index contributed by atoms with van der Waals surface area (Å²) in [5, 5.41) is 20.8. The van der Waals surface area contributed by atoms with Crippen LogP contribution in [0.2, 0.25) is 0 Å². The number of carbonyl (C=O) groups is 1. The van der Waals surface area contributed by atoms with Gasteiger partial charge in [0.15, 0.2) is 5.69 Å². The predicted molar refractivity (Wildman–Crippen MR) is 69.7 cm³/mol. The van der Waals surface area contributed by atoms with Gasteiger partial charge < -0.3 is 10.4 Å². The Kier molecular flexibility index (Phi) is 3.74. The summed E-state index contributed by atoms with van der Waals surface area (Å²) in [7, 11) is 0. The van der Waals surface area contributed by atoms with Crippen molar-refractivity contribution in [1.29, 1.82) is 5.26 Å². The molecule has 0 bridgehead atoms. The fourth-order valence-electron chi connectivity index (χ4n) is 1.58. The third-order valence-corrected chi connectivity index (χ3v) is 2.54. The van der Waals surface area contributed by atoms with Gasteiger partial charge in [-0.25, -0.2) is 9.78 Å². The number of aromatic carboxylic acids is 1. The Morgan fingerprint density at radius 1 is 1.26 bits per heavy atom. The van der Waals surface area contributed by atoms with Gasteiger partial charge in [-0.1, -0.05) is 30.3 Å². The van der Waals surface area contributed by atoms with Gasteiger partial charge in [-0.05, 0) is 17.7 Å². The first-order chi connectivity index (χ1) is 9.20. The first-order valence-electron chi connectivity index (χ1n) is 5.63. The van der Waals surface area contributed by atoms with Gasteiger partial charge in [0.25, 0.3) is 0 Å². The quantitative estimate of drug-likeness (QED) is 0.872. The highest BCUT2D eigenvalue weighted by molar-refractivity contribution is 5.86. The molecule has 0 aliphatic heterocycles. The van der Waals surface area contributed by atoms with E-state index < -0.39 is 5.97 Å². The van der Waals surface area contributed by atoms with E-state index in [0.717, 1.165) is 5.56 Å². The van der Waals surface area contributed by atoms with Gasteiger partial charge in [-0.3, -0.25) is 0 Å². The highest BCUT2D eigenvalue weighted by Crippen LogP contribution is 2.14. The highest BCUT2D eigenvalue weighted by Gasteiger charge is 2.09. The number of rotatable bonds is 4. The second-order valence-corrected chi connectivity index (χ2v) is 3.85. The molecule has 5 heteroatoms. The lowest BCUT2D eigenvalue weighted by atomic mass is 10.2. The van der Waals surface area contributed by atoms with Crippen molar-refractivity contribution in [3.63, 3.8) is 0 Å². The van der Waals surface area contributed by atoms with E-state index in [2.05, 4.69) is 10.3 Å². The summed E-state index contributed by atoms with van der Waals surface area (Å²) in [5.41, 5.74) is 1.25. The summed E-state index contributed by atoms with van der Waals surface area (Å²) in [5.74, 6) is -0.835. The minimum Gasteiger partial charge on any atom is -0.477 e. The number of nitrogens with zero attached hydrogens (tertiary/aromatic N) is 2. The molecule has 0 radical (unpaired) electrons. The molecule has 0 atom stereocenters. The number of pyridine rings is 1. The minimum atomic E-state index is -1.12. The fraction of sp³-hybridized carbons (Fsp3) is 0.0714. The molecule has 0 spiro atoms. The minimum absolute atomic E-state index is 0.0884. The molecule has 19 heavy (non-hydrogen) atoms. The summed E-state index contributed by atoms with van der Waals surface area (Å²) < 4.78 is 0. The van der Waals surface area contributed by atoms with Crippen molar-refractivity contribution >= 4 is 11.8 Å². The Hall–Kier alpha value is -2.87. The van der Waals surface area contributed by atoms with E-state index in [-0.39, 0.29) is 11.5 Å². The van der Waals surface area contributed by atoms with Crippen LogP contribution in [0.1, 0.15) is 21.6 Å². The van der Waals surface area contributed by atoms with E-state index in [1.54, 1.807) is 0 Å². The Labute approximate surface area is 110 Å². The average Bonchev–Trinajstić information content (AvgIpc) is 2.45. The zero-order chi connectivity index (χ0) is 13.7. The van der Waals surface area contributed by atoms with Crippen molar-refractivity contribution in [2.75, 3.05) is 5.32 Å². The number of nitriles is 1. The zero-order valence-corrected chi connectivity index (χ0v) is 10.00. The van der Waals surface area contributed by atoms with E-state index >= 15 is 0 Å². The van der Waals surface area contributed by atoms with Crippen LogP contribution >= 0.6 is 0 Å². The van der Waals surface area contributed by atoms with Crippen LogP contribution in [0.15, 0.2) is 42.5 Å². The molecule has 1 aromatic heterocycles. The maximum atomic E-state index is 10.9. The predicted octanol–water partition coefficient (Wildman–Crippen LogP) is 2.26. The van der Waals surface area contributed by atoms with Crippen LogP contribution in [-0.4, -0.2) is 16.1 Å². The van der Waals surface area contributed by atoms with E-state index in [0.29, 0.717) is 12.1 Å². The molecule has 0 aliphatic carbocycles. The lowest BCUT2D eigenvalue weighted by Crippen LogP contribution is -2.07. The highest BCUT2D eigenvalue weighted by atomic mass is 16.4. The monoisotopic (exact) mass is 253 g/mol. The summed E-state index contributed by atoms with van der Waals surface area (Å²) >= 11 is 0. The van der Waals surface area contributed by atoms with Crippen LogP contribution < -0.4 is 5.32 Å². The molecule has 0 unspecified atom stereocenters. The molecule has 2 aromatic rings. The second-order valence-electron chi connectivity index (χ2n) is 3.85. The lowest BCUT2D eigenvalue weighted by Gasteiger charge is -2.08. The molecule has 0 saturated carbocycles. The Balaban J connectivity index is 2.21. The third-order valence-electron chi connectivity index (χ3n) is 2.54.